The fourth-order valence-corrected chi connectivity index (χ4v) is 3.87. The lowest BCUT2D eigenvalue weighted by molar-refractivity contribution is 1.37. The molecule has 0 aliphatic carbocycles. The molecule has 0 fully saturated rings. The van der Waals surface area contributed by atoms with Gasteiger partial charge in [0.05, 0.1) is 16.6 Å². The Balaban J connectivity index is 2.30. The van der Waals surface area contributed by atoms with Gasteiger partial charge < -0.3 is 4.40 Å². The molecule has 3 aromatic carbocycles. The van der Waals surface area contributed by atoms with Crippen molar-refractivity contribution in [1.29, 1.82) is 0 Å². The van der Waals surface area contributed by atoms with Crippen LogP contribution in [0.25, 0.3) is 38.1 Å². The van der Waals surface area contributed by atoms with Crippen LogP contribution in [-0.4, -0.2) is 4.40 Å². The summed E-state index contributed by atoms with van der Waals surface area (Å²) in [6, 6.07) is 21.7. The number of hydrogen-bond acceptors (Lipinski definition) is 0. The van der Waals surface area contributed by atoms with Crippen molar-refractivity contribution in [3.05, 3.63) is 65.1 Å². The minimum atomic E-state index is 1.14. The maximum Gasteiger partial charge on any atom is 0.0621 e. The van der Waals surface area contributed by atoms with Crippen molar-refractivity contribution in [2.24, 2.45) is 0 Å². The van der Waals surface area contributed by atoms with Crippen LogP contribution in [0.15, 0.2) is 65.1 Å². The summed E-state index contributed by atoms with van der Waals surface area (Å²) in [6.45, 7) is 0. The molecule has 2 heterocycles. The van der Waals surface area contributed by atoms with E-state index in [9.17, 15) is 0 Å². The Morgan fingerprint density at radius 3 is 1.70 bits per heavy atom. The first-order chi connectivity index (χ1) is 9.84. The van der Waals surface area contributed by atoms with Crippen molar-refractivity contribution >= 4 is 54.0 Å². The topological polar surface area (TPSA) is 4.41 Å². The van der Waals surface area contributed by atoms with Gasteiger partial charge in [0.15, 0.2) is 0 Å². The number of benzene rings is 3. The molecule has 0 radical (unpaired) electrons. The van der Waals surface area contributed by atoms with Gasteiger partial charge in [-0.05, 0) is 24.3 Å². The largest absolute Gasteiger partial charge is 0.308 e. The molecule has 0 spiro atoms. The highest BCUT2D eigenvalue weighted by molar-refractivity contribution is 9.10. The molecule has 0 aliphatic heterocycles. The molecule has 0 saturated heterocycles. The zero-order chi connectivity index (χ0) is 13.3. The van der Waals surface area contributed by atoms with E-state index in [-0.39, 0.29) is 0 Å². The van der Waals surface area contributed by atoms with Crippen LogP contribution in [0.4, 0.5) is 0 Å². The lowest BCUT2D eigenvalue weighted by Gasteiger charge is -1.97. The molecule has 0 unspecified atom stereocenters. The fraction of sp³-hybridized carbons (Fsp3) is 0. The number of rotatable bonds is 0. The van der Waals surface area contributed by atoms with Crippen LogP contribution in [0.2, 0.25) is 0 Å². The number of aromatic nitrogens is 1. The van der Waals surface area contributed by atoms with E-state index < -0.39 is 0 Å². The number of para-hydroxylation sites is 2. The molecule has 0 aliphatic rings. The van der Waals surface area contributed by atoms with Crippen molar-refractivity contribution in [1.82, 2.24) is 4.40 Å². The number of halogens is 1. The van der Waals surface area contributed by atoms with Crippen molar-refractivity contribution in [2.75, 3.05) is 0 Å². The first-order valence-corrected chi connectivity index (χ1v) is 7.46. The molecule has 0 bridgehead atoms. The predicted molar refractivity (Wildman–Crippen MR) is 88.8 cm³/mol. The van der Waals surface area contributed by atoms with Crippen molar-refractivity contribution in [3.63, 3.8) is 0 Å². The van der Waals surface area contributed by atoms with Crippen LogP contribution in [0.5, 0.6) is 0 Å². The second-order valence-electron chi connectivity index (χ2n) is 5.22. The average Bonchev–Trinajstić information content (AvgIpc) is 2.98. The molecular weight excluding hydrogens is 310 g/mol. The second-order valence-corrected chi connectivity index (χ2v) is 6.13. The van der Waals surface area contributed by atoms with Crippen molar-refractivity contribution in [3.8, 4) is 0 Å². The molecule has 2 aromatic heterocycles. The minimum Gasteiger partial charge on any atom is -0.308 e. The molecular formula is C18H10BrN. The third-order valence-corrected chi connectivity index (χ3v) is 4.63. The van der Waals surface area contributed by atoms with E-state index in [1.165, 1.54) is 38.1 Å². The number of fused-ring (bicyclic) bond motifs is 6. The molecule has 0 amide bonds. The first kappa shape index (κ1) is 10.7. The Hall–Kier alpha value is -2.06. The summed E-state index contributed by atoms with van der Waals surface area (Å²) in [4.78, 5) is 0. The fourth-order valence-electron chi connectivity index (χ4n) is 3.41. The average molecular weight is 320 g/mol. The van der Waals surface area contributed by atoms with E-state index in [4.69, 9.17) is 0 Å². The summed E-state index contributed by atoms with van der Waals surface area (Å²) >= 11 is 3.66. The Labute approximate surface area is 123 Å². The molecule has 5 rings (SSSR count). The number of nitrogens with zero attached hydrogens (tertiary/aromatic N) is 1. The molecule has 0 atom stereocenters. The molecule has 0 N–H and O–H groups in total. The standard InChI is InChI=1S/C18H10BrN/c19-11-9-14-12-5-1-3-7-16(12)20-17-8-4-2-6-13(17)15(10-11)18(14)20/h1-10H. The van der Waals surface area contributed by atoms with Crippen LogP contribution in [0.3, 0.4) is 0 Å². The third kappa shape index (κ3) is 1.14. The van der Waals surface area contributed by atoms with Gasteiger partial charge in [0, 0.05) is 26.0 Å². The summed E-state index contributed by atoms with van der Waals surface area (Å²) in [6.07, 6.45) is 0. The van der Waals surface area contributed by atoms with Crippen LogP contribution in [-0.2, 0) is 0 Å². The first-order valence-electron chi connectivity index (χ1n) is 6.67. The predicted octanol–water partition coefficient (Wildman–Crippen LogP) is 5.60. The molecule has 20 heavy (non-hydrogen) atoms. The Morgan fingerprint density at radius 1 is 0.650 bits per heavy atom. The maximum absolute atomic E-state index is 3.66. The van der Waals surface area contributed by atoms with Crippen molar-refractivity contribution < 1.29 is 0 Å². The van der Waals surface area contributed by atoms with Gasteiger partial charge in [0.2, 0.25) is 0 Å². The van der Waals surface area contributed by atoms with Crippen LogP contribution < -0.4 is 0 Å². The zero-order valence-electron chi connectivity index (χ0n) is 10.6. The lowest BCUT2D eigenvalue weighted by Crippen LogP contribution is -1.78. The maximum atomic E-state index is 3.66. The van der Waals surface area contributed by atoms with E-state index in [0.29, 0.717) is 0 Å². The van der Waals surface area contributed by atoms with Gasteiger partial charge in [-0.25, -0.2) is 0 Å². The summed E-state index contributed by atoms with van der Waals surface area (Å²) < 4.78 is 3.53. The van der Waals surface area contributed by atoms with E-state index in [1.54, 1.807) is 0 Å². The quantitative estimate of drug-likeness (QED) is 0.350. The van der Waals surface area contributed by atoms with Gasteiger partial charge in [-0.1, -0.05) is 52.3 Å². The Bertz CT molecular complexity index is 1020. The van der Waals surface area contributed by atoms with Gasteiger partial charge in [-0.3, -0.25) is 0 Å². The van der Waals surface area contributed by atoms with Gasteiger partial charge >= 0.3 is 0 Å². The molecule has 2 heteroatoms. The second kappa shape index (κ2) is 3.53. The van der Waals surface area contributed by atoms with Crippen LogP contribution in [0, 0.1) is 0 Å². The highest BCUT2D eigenvalue weighted by Gasteiger charge is 2.16. The summed E-state index contributed by atoms with van der Waals surface area (Å²) in [7, 11) is 0. The van der Waals surface area contributed by atoms with Crippen molar-refractivity contribution in [2.45, 2.75) is 0 Å². The molecule has 5 aromatic rings. The molecule has 0 saturated carbocycles. The highest BCUT2D eigenvalue weighted by Crippen LogP contribution is 2.40. The van der Waals surface area contributed by atoms with Gasteiger partial charge in [-0.2, -0.15) is 0 Å². The Kier molecular flexibility index (Phi) is 1.89. The highest BCUT2D eigenvalue weighted by atomic mass is 79.9. The SMILES string of the molecule is Brc1cc2c3ccccc3n3c4ccccc4c(c1)c23. The summed E-state index contributed by atoms with van der Waals surface area (Å²) in [5.74, 6) is 0. The van der Waals surface area contributed by atoms with Gasteiger partial charge in [0.1, 0.15) is 0 Å². The summed E-state index contributed by atoms with van der Waals surface area (Å²) in [5.41, 5.74) is 3.90. The third-order valence-electron chi connectivity index (χ3n) is 4.17. The van der Waals surface area contributed by atoms with E-state index in [0.717, 1.165) is 4.47 Å². The summed E-state index contributed by atoms with van der Waals surface area (Å²) in [5, 5.41) is 5.28. The monoisotopic (exact) mass is 319 g/mol. The lowest BCUT2D eigenvalue weighted by atomic mass is 10.1. The van der Waals surface area contributed by atoms with Crippen LogP contribution >= 0.6 is 15.9 Å². The van der Waals surface area contributed by atoms with Gasteiger partial charge in [0.25, 0.3) is 0 Å². The normalized spacial score (nSPS) is 12.2. The zero-order valence-corrected chi connectivity index (χ0v) is 12.2. The smallest absolute Gasteiger partial charge is 0.0621 e. The Morgan fingerprint density at radius 2 is 1.15 bits per heavy atom. The van der Waals surface area contributed by atoms with E-state index in [1.807, 2.05) is 0 Å². The minimum absolute atomic E-state index is 1.14. The van der Waals surface area contributed by atoms with Gasteiger partial charge in [-0.15, -0.1) is 0 Å². The molecule has 94 valence electrons. The molecule has 1 nitrogen and oxygen atoms in total. The van der Waals surface area contributed by atoms with E-state index in [2.05, 4.69) is 81.0 Å². The van der Waals surface area contributed by atoms with Crippen LogP contribution in [0.1, 0.15) is 0 Å². The number of hydrogen-bond donors (Lipinski definition) is 0. The van der Waals surface area contributed by atoms with E-state index >= 15 is 0 Å².